The Morgan fingerprint density at radius 3 is 2.21 bits per heavy atom. The highest BCUT2D eigenvalue weighted by atomic mass is 16.2. The fourth-order valence-corrected chi connectivity index (χ4v) is 4.08. The Morgan fingerprint density at radius 2 is 1.55 bits per heavy atom. The van der Waals surface area contributed by atoms with Crippen LogP contribution in [0, 0.1) is 5.92 Å². The third-order valence-electron chi connectivity index (χ3n) is 5.79. The minimum atomic E-state index is -0.377. The number of piperidine rings is 1. The zero-order valence-electron chi connectivity index (χ0n) is 16.3. The van der Waals surface area contributed by atoms with Crippen LogP contribution >= 0.6 is 0 Å². The first-order valence-corrected chi connectivity index (χ1v) is 10.1. The van der Waals surface area contributed by atoms with Crippen molar-refractivity contribution < 1.29 is 14.4 Å². The van der Waals surface area contributed by atoms with Crippen molar-refractivity contribution in [1.29, 1.82) is 0 Å². The summed E-state index contributed by atoms with van der Waals surface area (Å²) in [6, 6.07) is 18.9. The number of carbonyl (C=O) groups is 3. The molecule has 6 nitrogen and oxygen atoms in total. The smallest absolute Gasteiger partial charge is 0.238 e. The van der Waals surface area contributed by atoms with Gasteiger partial charge in [-0.2, -0.15) is 0 Å². The molecular weight excluding hydrogens is 366 g/mol. The van der Waals surface area contributed by atoms with Gasteiger partial charge in [0.05, 0.1) is 12.6 Å². The number of hydrogen-bond donors (Lipinski definition) is 1. The Balaban J connectivity index is 1.30. The first kappa shape index (κ1) is 19.3. The van der Waals surface area contributed by atoms with Crippen molar-refractivity contribution in [1.82, 2.24) is 9.80 Å². The molecule has 29 heavy (non-hydrogen) atoms. The number of para-hydroxylation sites is 1. The maximum Gasteiger partial charge on any atom is 0.238 e. The van der Waals surface area contributed by atoms with Crippen LogP contribution in [0.3, 0.4) is 0 Å². The van der Waals surface area contributed by atoms with Gasteiger partial charge in [0.1, 0.15) is 0 Å². The Hall–Kier alpha value is -2.99. The van der Waals surface area contributed by atoms with Gasteiger partial charge in [-0.1, -0.05) is 48.5 Å². The van der Waals surface area contributed by atoms with Crippen molar-refractivity contribution in [2.75, 3.05) is 25.1 Å². The van der Waals surface area contributed by atoms with Crippen molar-refractivity contribution in [2.24, 2.45) is 5.92 Å². The molecule has 0 spiro atoms. The molecule has 0 aliphatic carbocycles. The van der Waals surface area contributed by atoms with Crippen LogP contribution in [0.4, 0.5) is 5.69 Å². The van der Waals surface area contributed by atoms with Crippen LogP contribution in [0.1, 0.15) is 30.7 Å². The van der Waals surface area contributed by atoms with E-state index in [9.17, 15) is 14.4 Å². The molecule has 3 amide bonds. The summed E-state index contributed by atoms with van der Waals surface area (Å²) in [5, 5.41) is 2.96. The molecule has 1 atom stereocenters. The Morgan fingerprint density at radius 1 is 0.931 bits per heavy atom. The lowest BCUT2D eigenvalue weighted by molar-refractivity contribution is -0.142. The lowest BCUT2D eigenvalue weighted by atomic mass is 9.96. The minimum absolute atomic E-state index is 0.0355. The van der Waals surface area contributed by atoms with Gasteiger partial charge in [-0.15, -0.1) is 0 Å². The lowest BCUT2D eigenvalue weighted by Crippen LogP contribution is -2.46. The van der Waals surface area contributed by atoms with Crippen LogP contribution in [-0.4, -0.2) is 47.3 Å². The molecule has 6 heteroatoms. The van der Waals surface area contributed by atoms with Gasteiger partial charge in [-0.3, -0.25) is 24.2 Å². The van der Waals surface area contributed by atoms with Crippen molar-refractivity contribution >= 4 is 23.4 Å². The number of rotatable bonds is 5. The first-order chi connectivity index (χ1) is 14.1. The fraction of sp³-hybridized carbons (Fsp3) is 0.348. The van der Waals surface area contributed by atoms with E-state index in [0.717, 1.165) is 24.1 Å². The monoisotopic (exact) mass is 391 g/mol. The molecule has 2 heterocycles. The van der Waals surface area contributed by atoms with Gasteiger partial charge in [0.25, 0.3) is 0 Å². The zero-order chi connectivity index (χ0) is 20.2. The highest BCUT2D eigenvalue weighted by molar-refractivity contribution is 6.06. The van der Waals surface area contributed by atoms with Gasteiger partial charge in [0.2, 0.25) is 17.7 Å². The molecule has 0 saturated carbocycles. The maximum absolute atomic E-state index is 12.8. The molecule has 2 aliphatic rings. The molecule has 0 aromatic heterocycles. The number of carbonyl (C=O) groups excluding carboxylic acids is 3. The number of nitrogens with one attached hydrogen (secondary N) is 1. The van der Waals surface area contributed by atoms with Crippen LogP contribution in [-0.2, 0) is 14.4 Å². The van der Waals surface area contributed by atoms with E-state index in [0.29, 0.717) is 19.8 Å². The summed E-state index contributed by atoms with van der Waals surface area (Å²) in [6.07, 6.45) is 1.67. The van der Waals surface area contributed by atoms with E-state index in [-0.39, 0.29) is 36.0 Å². The van der Waals surface area contributed by atoms with E-state index in [1.54, 1.807) is 0 Å². The number of benzene rings is 2. The summed E-state index contributed by atoms with van der Waals surface area (Å²) >= 11 is 0. The van der Waals surface area contributed by atoms with Gasteiger partial charge in [-0.05, 0) is 30.5 Å². The number of likely N-dealkylation sites (tertiary alicyclic amines) is 2. The number of hydrogen-bond acceptors (Lipinski definition) is 4. The predicted molar refractivity (Wildman–Crippen MR) is 110 cm³/mol. The normalized spacial score (nSPS) is 20.8. The number of nitrogens with zero attached hydrogens (tertiary/aromatic N) is 2. The summed E-state index contributed by atoms with van der Waals surface area (Å²) in [6.45, 7) is 1.70. The highest BCUT2D eigenvalue weighted by Gasteiger charge is 2.40. The van der Waals surface area contributed by atoms with Crippen LogP contribution in [0.2, 0.25) is 0 Å². The molecule has 2 saturated heterocycles. The van der Waals surface area contributed by atoms with Gasteiger partial charge in [0, 0.05) is 31.1 Å². The molecule has 4 rings (SSSR count). The van der Waals surface area contributed by atoms with Gasteiger partial charge in [0.15, 0.2) is 0 Å². The topological polar surface area (TPSA) is 69.7 Å². The number of anilines is 1. The van der Waals surface area contributed by atoms with Crippen molar-refractivity contribution in [3.05, 3.63) is 66.2 Å². The summed E-state index contributed by atoms with van der Waals surface area (Å²) in [5.74, 6) is -0.627. The molecule has 2 aromatic rings. The summed E-state index contributed by atoms with van der Waals surface area (Å²) < 4.78 is 0. The standard InChI is InChI=1S/C23H25N3O3/c27-21-15-20(17-7-3-1-4-8-17)23(29)26(21)16-25-13-11-18(12-14-25)22(28)24-19-9-5-2-6-10-19/h1-10,18,20H,11-16H2,(H,24,28)/t20-/m0/s1. The molecule has 2 aliphatic heterocycles. The summed E-state index contributed by atoms with van der Waals surface area (Å²) in [5.41, 5.74) is 1.70. The summed E-state index contributed by atoms with van der Waals surface area (Å²) in [7, 11) is 0. The van der Waals surface area contributed by atoms with Gasteiger partial charge in [-0.25, -0.2) is 0 Å². The quantitative estimate of drug-likeness (QED) is 0.796. The van der Waals surface area contributed by atoms with E-state index in [1.807, 2.05) is 60.7 Å². The Kier molecular flexibility index (Phi) is 5.71. The SMILES string of the molecule is O=C(Nc1ccccc1)C1CCN(CN2C(=O)C[C@@H](c3ccccc3)C2=O)CC1. The molecule has 2 fully saturated rings. The minimum Gasteiger partial charge on any atom is -0.326 e. The average molecular weight is 391 g/mol. The highest BCUT2D eigenvalue weighted by Crippen LogP contribution is 2.30. The predicted octanol–water partition coefficient (Wildman–Crippen LogP) is 2.84. The van der Waals surface area contributed by atoms with Crippen molar-refractivity contribution in [2.45, 2.75) is 25.2 Å². The second-order valence-electron chi connectivity index (χ2n) is 7.72. The molecule has 0 radical (unpaired) electrons. The van der Waals surface area contributed by atoms with Crippen LogP contribution in [0.25, 0.3) is 0 Å². The average Bonchev–Trinajstić information content (AvgIpc) is 3.04. The van der Waals surface area contributed by atoms with E-state index in [4.69, 9.17) is 0 Å². The van der Waals surface area contributed by atoms with Gasteiger partial charge >= 0.3 is 0 Å². The summed E-state index contributed by atoms with van der Waals surface area (Å²) in [4.78, 5) is 41.2. The van der Waals surface area contributed by atoms with Crippen LogP contribution < -0.4 is 5.32 Å². The van der Waals surface area contributed by atoms with Crippen molar-refractivity contribution in [3.8, 4) is 0 Å². The Bertz CT molecular complexity index is 877. The van der Waals surface area contributed by atoms with Crippen LogP contribution in [0.15, 0.2) is 60.7 Å². The lowest BCUT2D eigenvalue weighted by Gasteiger charge is -2.33. The Labute approximate surface area is 170 Å². The van der Waals surface area contributed by atoms with E-state index >= 15 is 0 Å². The van der Waals surface area contributed by atoms with Gasteiger partial charge < -0.3 is 5.32 Å². The third-order valence-corrected chi connectivity index (χ3v) is 5.79. The largest absolute Gasteiger partial charge is 0.326 e. The number of imide groups is 1. The molecule has 150 valence electrons. The van der Waals surface area contributed by atoms with E-state index < -0.39 is 0 Å². The second-order valence-corrected chi connectivity index (χ2v) is 7.72. The zero-order valence-corrected chi connectivity index (χ0v) is 16.3. The number of amides is 3. The molecule has 1 N–H and O–H groups in total. The van der Waals surface area contributed by atoms with Crippen LogP contribution in [0.5, 0.6) is 0 Å². The molecule has 0 unspecified atom stereocenters. The maximum atomic E-state index is 12.8. The van der Waals surface area contributed by atoms with E-state index in [1.165, 1.54) is 4.90 Å². The molecule has 2 aromatic carbocycles. The third kappa shape index (κ3) is 4.38. The first-order valence-electron chi connectivity index (χ1n) is 10.1. The molecular formula is C23H25N3O3. The fourth-order valence-electron chi connectivity index (χ4n) is 4.08. The molecule has 0 bridgehead atoms. The van der Waals surface area contributed by atoms with E-state index in [2.05, 4.69) is 10.2 Å². The second kappa shape index (κ2) is 8.57. The van der Waals surface area contributed by atoms with Crippen molar-refractivity contribution in [3.63, 3.8) is 0 Å².